The van der Waals surface area contributed by atoms with Gasteiger partial charge in [0, 0.05) is 0 Å². The van der Waals surface area contributed by atoms with Crippen molar-refractivity contribution in [2.75, 3.05) is 0 Å². The molecule has 1 aliphatic rings. The van der Waals surface area contributed by atoms with Crippen molar-refractivity contribution in [1.82, 2.24) is 0 Å². The van der Waals surface area contributed by atoms with Crippen molar-refractivity contribution >= 4 is 0 Å². The van der Waals surface area contributed by atoms with Crippen molar-refractivity contribution in [3.8, 4) is 0 Å². The highest BCUT2D eigenvalue weighted by molar-refractivity contribution is 4.90. The van der Waals surface area contributed by atoms with E-state index >= 15 is 0 Å². The molecular formula is C13H22. The van der Waals surface area contributed by atoms with Crippen LogP contribution in [0.3, 0.4) is 0 Å². The summed E-state index contributed by atoms with van der Waals surface area (Å²) in [5.41, 5.74) is 3.42. The summed E-state index contributed by atoms with van der Waals surface area (Å²) in [6.45, 7) is 10.7. The minimum absolute atomic E-state index is 0.503. The predicted octanol–water partition coefficient (Wildman–Crippen LogP) is 4.18. The summed E-state index contributed by atoms with van der Waals surface area (Å²) in [5, 5.41) is 0. The van der Waals surface area contributed by atoms with Crippen molar-refractivity contribution in [2.24, 2.45) is 17.3 Å². The van der Waals surface area contributed by atoms with E-state index in [1.165, 1.54) is 25.7 Å². The first kappa shape index (κ1) is 10.6. The Bertz CT molecular complexity index is 193. The highest BCUT2D eigenvalue weighted by Gasteiger charge is 2.28. The molecule has 0 atom stereocenters. The van der Waals surface area contributed by atoms with Crippen molar-refractivity contribution in [3.05, 3.63) is 18.4 Å². The lowest BCUT2D eigenvalue weighted by Crippen LogP contribution is -2.25. The molecule has 0 heterocycles. The molecule has 0 radical (unpaired) electrons. The van der Waals surface area contributed by atoms with Gasteiger partial charge in [0.15, 0.2) is 0 Å². The monoisotopic (exact) mass is 178 g/mol. The molecule has 0 aromatic carbocycles. The zero-order chi connectivity index (χ0) is 9.90. The minimum atomic E-state index is 0.503. The summed E-state index contributed by atoms with van der Waals surface area (Å²) in [6, 6.07) is 0. The van der Waals surface area contributed by atoms with E-state index in [9.17, 15) is 0 Å². The second-order valence-electron chi connectivity index (χ2n) is 5.35. The van der Waals surface area contributed by atoms with Gasteiger partial charge in [0.2, 0.25) is 0 Å². The number of hydrogen-bond donors (Lipinski definition) is 0. The van der Waals surface area contributed by atoms with Gasteiger partial charge < -0.3 is 0 Å². The highest BCUT2D eigenvalue weighted by atomic mass is 14.3. The predicted molar refractivity (Wildman–Crippen MR) is 58.6 cm³/mol. The molecule has 1 saturated carbocycles. The van der Waals surface area contributed by atoms with Crippen LogP contribution in [0.15, 0.2) is 18.4 Å². The van der Waals surface area contributed by atoms with Gasteiger partial charge in [-0.3, -0.25) is 0 Å². The molecule has 1 fully saturated rings. The van der Waals surface area contributed by atoms with Crippen LogP contribution >= 0.6 is 0 Å². The second-order valence-corrected chi connectivity index (χ2v) is 5.35. The minimum Gasteiger partial charge on any atom is -0.133 e. The van der Waals surface area contributed by atoms with E-state index in [-0.39, 0.29) is 0 Å². The van der Waals surface area contributed by atoms with Crippen LogP contribution in [0.1, 0.15) is 46.5 Å². The molecule has 0 N–H and O–H groups in total. The Balaban J connectivity index is 2.43. The molecule has 1 aliphatic carbocycles. The molecule has 0 spiro atoms. The van der Waals surface area contributed by atoms with Crippen LogP contribution in [0.4, 0.5) is 0 Å². The van der Waals surface area contributed by atoms with Crippen LogP contribution < -0.4 is 0 Å². The maximum absolute atomic E-state index is 3.64. The average molecular weight is 178 g/mol. The topological polar surface area (TPSA) is 0 Å². The van der Waals surface area contributed by atoms with E-state index in [0.29, 0.717) is 5.41 Å². The summed E-state index contributed by atoms with van der Waals surface area (Å²) in [5.74, 6) is 1.68. The van der Waals surface area contributed by atoms with Crippen molar-refractivity contribution in [2.45, 2.75) is 46.5 Å². The Morgan fingerprint density at radius 2 is 1.69 bits per heavy atom. The molecule has 0 amide bonds. The fraction of sp³-hybridized carbons (Fsp3) is 0.769. The average Bonchev–Trinajstić information content (AvgIpc) is 2.04. The van der Waals surface area contributed by atoms with Gasteiger partial charge >= 0.3 is 0 Å². The van der Waals surface area contributed by atoms with Crippen LogP contribution in [0.2, 0.25) is 0 Å². The Labute approximate surface area is 82.7 Å². The van der Waals surface area contributed by atoms with Gasteiger partial charge in [-0.05, 0) is 49.0 Å². The van der Waals surface area contributed by atoms with Crippen molar-refractivity contribution < 1.29 is 0 Å². The van der Waals surface area contributed by atoms with E-state index in [4.69, 9.17) is 0 Å². The first-order valence-electron chi connectivity index (χ1n) is 5.40. The standard InChI is InChI=1S/C13H22/c1-5-6-11-7-9-12(10-8-11)13(2,3)4/h6,11-12H,1,7-10H2,2-4H3. The molecule has 0 bridgehead atoms. The molecular weight excluding hydrogens is 156 g/mol. The maximum Gasteiger partial charge on any atom is -0.0157 e. The van der Waals surface area contributed by atoms with E-state index in [1.807, 2.05) is 0 Å². The van der Waals surface area contributed by atoms with Gasteiger partial charge in [0.05, 0.1) is 0 Å². The third-order valence-electron chi connectivity index (χ3n) is 3.35. The Kier molecular flexibility index (Phi) is 3.39. The van der Waals surface area contributed by atoms with Crippen molar-refractivity contribution in [3.63, 3.8) is 0 Å². The Morgan fingerprint density at radius 3 is 2.08 bits per heavy atom. The summed E-state index contributed by atoms with van der Waals surface area (Å²) in [4.78, 5) is 0. The molecule has 0 nitrogen and oxygen atoms in total. The van der Waals surface area contributed by atoms with Crippen LogP contribution in [0, 0.1) is 17.3 Å². The van der Waals surface area contributed by atoms with Crippen LogP contribution in [0.25, 0.3) is 0 Å². The largest absolute Gasteiger partial charge is 0.133 e. The summed E-state index contributed by atoms with van der Waals surface area (Å²) in [7, 11) is 0. The molecule has 0 aromatic heterocycles. The van der Waals surface area contributed by atoms with Gasteiger partial charge in [0.25, 0.3) is 0 Å². The van der Waals surface area contributed by atoms with E-state index in [2.05, 4.69) is 39.2 Å². The van der Waals surface area contributed by atoms with E-state index in [0.717, 1.165) is 11.8 Å². The van der Waals surface area contributed by atoms with Gasteiger partial charge in [-0.2, -0.15) is 0 Å². The third-order valence-corrected chi connectivity index (χ3v) is 3.35. The zero-order valence-electron chi connectivity index (χ0n) is 9.27. The summed E-state index contributed by atoms with van der Waals surface area (Å²) in [6.07, 6.45) is 7.59. The Hall–Kier alpha value is -0.480. The fourth-order valence-corrected chi connectivity index (χ4v) is 2.32. The lowest BCUT2D eigenvalue weighted by Gasteiger charge is -2.36. The van der Waals surface area contributed by atoms with Crippen molar-refractivity contribution in [1.29, 1.82) is 0 Å². The number of rotatable bonds is 1. The van der Waals surface area contributed by atoms with Gasteiger partial charge in [-0.1, -0.05) is 27.4 Å². The van der Waals surface area contributed by atoms with E-state index in [1.54, 1.807) is 0 Å². The molecule has 74 valence electrons. The van der Waals surface area contributed by atoms with Crippen LogP contribution in [-0.4, -0.2) is 0 Å². The smallest absolute Gasteiger partial charge is 0.0157 e. The lowest BCUT2D eigenvalue weighted by molar-refractivity contribution is 0.163. The normalized spacial score (nSPS) is 29.5. The lowest BCUT2D eigenvalue weighted by atomic mass is 9.70. The van der Waals surface area contributed by atoms with Crippen LogP contribution in [-0.2, 0) is 0 Å². The molecule has 0 unspecified atom stereocenters. The SMILES string of the molecule is C=C=CC1CCC(C(C)(C)C)CC1. The molecule has 0 saturated heterocycles. The second kappa shape index (κ2) is 4.15. The molecule has 1 rings (SSSR count). The first-order valence-corrected chi connectivity index (χ1v) is 5.40. The zero-order valence-corrected chi connectivity index (χ0v) is 9.27. The van der Waals surface area contributed by atoms with Crippen LogP contribution in [0.5, 0.6) is 0 Å². The maximum atomic E-state index is 3.64. The summed E-state index contributed by atoms with van der Waals surface area (Å²) >= 11 is 0. The molecule has 0 aromatic rings. The van der Waals surface area contributed by atoms with E-state index < -0.39 is 0 Å². The highest BCUT2D eigenvalue weighted by Crippen LogP contribution is 2.39. The molecule has 13 heavy (non-hydrogen) atoms. The Morgan fingerprint density at radius 1 is 1.15 bits per heavy atom. The third kappa shape index (κ3) is 3.04. The fourth-order valence-electron chi connectivity index (χ4n) is 2.32. The quantitative estimate of drug-likeness (QED) is 0.528. The molecule has 0 heteroatoms. The number of hydrogen-bond acceptors (Lipinski definition) is 0. The van der Waals surface area contributed by atoms with Gasteiger partial charge in [0.1, 0.15) is 0 Å². The number of allylic oxidation sites excluding steroid dienone is 1. The molecule has 0 aliphatic heterocycles. The van der Waals surface area contributed by atoms with Gasteiger partial charge in [-0.25, -0.2) is 0 Å². The van der Waals surface area contributed by atoms with Gasteiger partial charge in [-0.15, -0.1) is 5.73 Å². The first-order chi connectivity index (χ1) is 6.04. The summed E-state index contributed by atoms with van der Waals surface area (Å²) < 4.78 is 0.